The summed E-state index contributed by atoms with van der Waals surface area (Å²) < 4.78 is 26.0. The van der Waals surface area contributed by atoms with Crippen molar-refractivity contribution in [1.29, 1.82) is 0 Å². The summed E-state index contributed by atoms with van der Waals surface area (Å²) in [6, 6.07) is 6.67. The highest BCUT2D eigenvalue weighted by molar-refractivity contribution is 7.88. The van der Waals surface area contributed by atoms with E-state index in [4.69, 9.17) is 18.0 Å². The fourth-order valence-corrected chi connectivity index (χ4v) is 2.76. The standard InChI is InChI=1S/C12H17N3O3S2/c1-14-11(16)6-7-15-20(17,18)8-9-2-4-10(5-3-9)12(13)19/h2-5,15H,6-8H2,1H3,(H2,13,19)(H,14,16). The van der Waals surface area contributed by atoms with Gasteiger partial charge in [0.2, 0.25) is 15.9 Å². The molecule has 6 nitrogen and oxygen atoms in total. The molecule has 0 atom stereocenters. The van der Waals surface area contributed by atoms with Gasteiger partial charge in [-0.3, -0.25) is 4.79 Å². The molecule has 0 heterocycles. The van der Waals surface area contributed by atoms with Gasteiger partial charge in [-0.05, 0) is 5.56 Å². The van der Waals surface area contributed by atoms with Crippen molar-refractivity contribution in [1.82, 2.24) is 10.0 Å². The molecule has 0 aliphatic rings. The predicted octanol–water partition coefficient (Wildman–Crippen LogP) is -0.124. The number of carbonyl (C=O) groups excluding carboxylic acids is 1. The van der Waals surface area contributed by atoms with E-state index in [9.17, 15) is 13.2 Å². The highest BCUT2D eigenvalue weighted by atomic mass is 32.2. The second kappa shape index (κ2) is 7.32. The molecule has 1 amide bonds. The van der Waals surface area contributed by atoms with Crippen LogP contribution in [0.2, 0.25) is 0 Å². The van der Waals surface area contributed by atoms with E-state index in [0.29, 0.717) is 11.1 Å². The highest BCUT2D eigenvalue weighted by Gasteiger charge is 2.12. The molecule has 0 aliphatic carbocycles. The molecule has 0 unspecified atom stereocenters. The van der Waals surface area contributed by atoms with Gasteiger partial charge in [0.05, 0.1) is 5.75 Å². The van der Waals surface area contributed by atoms with Gasteiger partial charge in [-0.2, -0.15) is 0 Å². The minimum atomic E-state index is -3.47. The summed E-state index contributed by atoms with van der Waals surface area (Å²) in [5, 5.41) is 2.42. The average molecular weight is 315 g/mol. The Morgan fingerprint density at radius 1 is 1.30 bits per heavy atom. The number of rotatable bonds is 7. The molecule has 0 spiro atoms. The van der Waals surface area contributed by atoms with E-state index in [2.05, 4.69) is 10.0 Å². The lowest BCUT2D eigenvalue weighted by Crippen LogP contribution is -2.30. The van der Waals surface area contributed by atoms with Crippen LogP contribution in [0.5, 0.6) is 0 Å². The third-order valence-corrected chi connectivity index (χ3v) is 4.14. The highest BCUT2D eigenvalue weighted by Crippen LogP contribution is 2.07. The third kappa shape index (κ3) is 5.64. The monoisotopic (exact) mass is 315 g/mol. The fourth-order valence-electron chi connectivity index (χ4n) is 1.48. The molecule has 110 valence electrons. The van der Waals surface area contributed by atoms with E-state index in [1.807, 2.05) is 0 Å². The Bertz CT molecular complexity index is 582. The lowest BCUT2D eigenvalue weighted by molar-refractivity contribution is -0.120. The number of hydrogen-bond donors (Lipinski definition) is 3. The van der Waals surface area contributed by atoms with Gasteiger partial charge in [-0.1, -0.05) is 36.5 Å². The molecule has 0 bridgehead atoms. The van der Waals surface area contributed by atoms with Crippen LogP contribution in [0.4, 0.5) is 0 Å². The van der Waals surface area contributed by atoms with Crippen LogP contribution in [0.15, 0.2) is 24.3 Å². The molecule has 8 heteroatoms. The molecule has 0 saturated carbocycles. The van der Waals surface area contributed by atoms with Crippen molar-refractivity contribution in [3.63, 3.8) is 0 Å². The minimum absolute atomic E-state index is 0.0764. The van der Waals surface area contributed by atoms with Crippen LogP contribution >= 0.6 is 12.2 Å². The van der Waals surface area contributed by atoms with Crippen molar-refractivity contribution in [2.24, 2.45) is 5.73 Å². The number of nitrogens with two attached hydrogens (primary N) is 1. The summed E-state index contributed by atoms with van der Waals surface area (Å²) in [5.74, 6) is -0.369. The van der Waals surface area contributed by atoms with Crippen molar-refractivity contribution in [2.45, 2.75) is 12.2 Å². The lowest BCUT2D eigenvalue weighted by Gasteiger charge is -2.07. The Morgan fingerprint density at radius 3 is 2.40 bits per heavy atom. The summed E-state index contributed by atoms with van der Waals surface area (Å²) in [4.78, 5) is 11.3. The van der Waals surface area contributed by atoms with Gasteiger partial charge in [0.15, 0.2) is 0 Å². The van der Waals surface area contributed by atoms with Gasteiger partial charge in [-0.15, -0.1) is 0 Å². The second-order valence-corrected chi connectivity index (χ2v) is 6.38. The van der Waals surface area contributed by atoms with E-state index in [1.165, 1.54) is 7.05 Å². The van der Waals surface area contributed by atoms with Crippen LogP contribution in [0.1, 0.15) is 17.5 Å². The molecule has 1 aromatic carbocycles. The molecule has 1 aromatic rings. The van der Waals surface area contributed by atoms with Crippen LogP contribution in [0.25, 0.3) is 0 Å². The number of thiocarbonyl (C=S) groups is 1. The number of amides is 1. The Morgan fingerprint density at radius 2 is 1.90 bits per heavy atom. The molecular formula is C12H17N3O3S2. The van der Waals surface area contributed by atoms with Crippen LogP contribution in [0, 0.1) is 0 Å². The lowest BCUT2D eigenvalue weighted by atomic mass is 10.1. The number of nitrogens with one attached hydrogen (secondary N) is 2. The van der Waals surface area contributed by atoms with E-state index >= 15 is 0 Å². The average Bonchev–Trinajstić information content (AvgIpc) is 2.38. The summed E-state index contributed by atoms with van der Waals surface area (Å²) in [5.41, 5.74) is 6.77. The second-order valence-electron chi connectivity index (χ2n) is 4.14. The van der Waals surface area contributed by atoms with Crippen LogP contribution < -0.4 is 15.8 Å². The molecule has 0 fully saturated rings. The zero-order chi connectivity index (χ0) is 15.2. The van der Waals surface area contributed by atoms with E-state index < -0.39 is 10.0 Å². The minimum Gasteiger partial charge on any atom is -0.389 e. The van der Waals surface area contributed by atoms with Crippen LogP contribution in [-0.4, -0.2) is 32.9 Å². The quantitative estimate of drug-likeness (QED) is 0.609. The van der Waals surface area contributed by atoms with Gasteiger partial charge < -0.3 is 11.1 Å². The number of benzene rings is 1. The zero-order valence-electron chi connectivity index (χ0n) is 11.0. The number of sulfonamides is 1. The summed E-state index contributed by atoms with van der Waals surface area (Å²) in [6.45, 7) is 0.0764. The zero-order valence-corrected chi connectivity index (χ0v) is 12.7. The Hall–Kier alpha value is -1.51. The fraction of sp³-hybridized carbons (Fsp3) is 0.333. The summed E-state index contributed by atoms with van der Waals surface area (Å²) in [7, 11) is -1.97. The van der Waals surface area contributed by atoms with Crippen LogP contribution in [0.3, 0.4) is 0 Å². The first kappa shape index (κ1) is 16.5. The van der Waals surface area contributed by atoms with Gasteiger partial charge in [0, 0.05) is 25.6 Å². The third-order valence-electron chi connectivity index (χ3n) is 2.55. The smallest absolute Gasteiger partial charge is 0.221 e. The Labute approximate surface area is 123 Å². The maximum Gasteiger partial charge on any atom is 0.221 e. The molecule has 4 N–H and O–H groups in total. The van der Waals surface area contributed by atoms with E-state index in [-0.39, 0.29) is 29.6 Å². The van der Waals surface area contributed by atoms with Gasteiger partial charge >= 0.3 is 0 Å². The summed E-state index contributed by atoms with van der Waals surface area (Å²) >= 11 is 4.82. The molecule has 1 rings (SSSR count). The Balaban J connectivity index is 2.57. The first-order valence-corrected chi connectivity index (χ1v) is 7.97. The maximum atomic E-state index is 11.8. The first-order valence-electron chi connectivity index (χ1n) is 5.91. The van der Waals surface area contributed by atoms with Crippen molar-refractivity contribution in [2.75, 3.05) is 13.6 Å². The topological polar surface area (TPSA) is 101 Å². The number of hydrogen-bond acceptors (Lipinski definition) is 4. The van der Waals surface area contributed by atoms with Crippen molar-refractivity contribution >= 4 is 33.1 Å². The normalized spacial score (nSPS) is 11.1. The predicted molar refractivity (Wildman–Crippen MR) is 81.6 cm³/mol. The van der Waals surface area contributed by atoms with Gasteiger partial charge in [-0.25, -0.2) is 13.1 Å². The molecule has 20 heavy (non-hydrogen) atoms. The van der Waals surface area contributed by atoms with E-state index in [1.54, 1.807) is 24.3 Å². The maximum absolute atomic E-state index is 11.8. The molecule has 0 aromatic heterocycles. The molecular weight excluding hydrogens is 298 g/mol. The van der Waals surface area contributed by atoms with Gasteiger partial charge in [0.25, 0.3) is 0 Å². The van der Waals surface area contributed by atoms with Crippen molar-refractivity contribution in [3.8, 4) is 0 Å². The number of carbonyl (C=O) groups is 1. The molecule has 0 aliphatic heterocycles. The Kier molecular flexibility index (Phi) is 6.05. The SMILES string of the molecule is CNC(=O)CCNS(=O)(=O)Cc1ccc(C(N)=S)cc1. The summed E-state index contributed by atoms with van der Waals surface area (Å²) in [6.07, 6.45) is 0.107. The van der Waals surface area contributed by atoms with E-state index in [0.717, 1.165) is 0 Å². The first-order chi connectivity index (χ1) is 9.34. The van der Waals surface area contributed by atoms with Gasteiger partial charge in [0.1, 0.15) is 4.99 Å². The van der Waals surface area contributed by atoms with Crippen LogP contribution in [-0.2, 0) is 20.6 Å². The van der Waals surface area contributed by atoms with Crippen molar-refractivity contribution < 1.29 is 13.2 Å². The largest absolute Gasteiger partial charge is 0.389 e. The molecule has 0 saturated heterocycles. The van der Waals surface area contributed by atoms with Crippen molar-refractivity contribution in [3.05, 3.63) is 35.4 Å². The molecule has 0 radical (unpaired) electrons.